The summed E-state index contributed by atoms with van der Waals surface area (Å²) in [4.78, 5) is -0.0579. The minimum absolute atomic E-state index is 0. The van der Waals surface area contributed by atoms with Gasteiger partial charge in [-0.05, 0) is 24.6 Å². The number of hydrogen-bond donors (Lipinski definition) is 1. The van der Waals surface area contributed by atoms with Crippen LogP contribution in [0.4, 0.5) is 51.8 Å². The number of aryl methyl sites for hydroxylation is 1. The molecule has 0 aliphatic heterocycles. The SMILES string of the molecule is Cc1cccc(S(=O)(=O)O)c1.F[B-](F)(F)F.F[B-](F)(F)F.F[B-](F)(F)F.[H-].[Li+]. The van der Waals surface area contributed by atoms with Crippen LogP contribution in [0.3, 0.4) is 0 Å². The van der Waals surface area contributed by atoms with E-state index >= 15 is 0 Å². The summed E-state index contributed by atoms with van der Waals surface area (Å²) in [5.74, 6) is 0. The van der Waals surface area contributed by atoms with Crippen molar-refractivity contribution >= 4 is 31.9 Å². The molecule has 158 valence electrons. The zero-order chi connectivity index (χ0) is 22.0. The minimum Gasteiger partial charge on any atom is -1.00 e. The van der Waals surface area contributed by atoms with E-state index in [1.807, 2.05) is 0 Å². The first-order valence-electron chi connectivity index (χ1n) is 5.66. The van der Waals surface area contributed by atoms with E-state index in [1.165, 1.54) is 12.1 Å². The van der Waals surface area contributed by atoms with Gasteiger partial charge >= 0.3 is 40.6 Å². The van der Waals surface area contributed by atoms with Gasteiger partial charge in [0.05, 0.1) is 4.90 Å². The average Bonchev–Trinajstić information content (AvgIpc) is 2.20. The maximum Gasteiger partial charge on any atom is 1.00 e. The Morgan fingerprint density at radius 2 is 1.04 bits per heavy atom. The van der Waals surface area contributed by atoms with Gasteiger partial charge in [0.25, 0.3) is 10.1 Å². The van der Waals surface area contributed by atoms with E-state index in [1.54, 1.807) is 19.1 Å². The maximum atomic E-state index is 10.5. The van der Waals surface area contributed by atoms with Crippen LogP contribution in [0.15, 0.2) is 29.2 Å². The summed E-state index contributed by atoms with van der Waals surface area (Å²) in [6.45, 7) is 1.76. The topological polar surface area (TPSA) is 54.4 Å². The third-order valence-electron chi connectivity index (χ3n) is 1.29. The van der Waals surface area contributed by atoms with Gasteiger partial charge in [-0.2, -0.15) is 8.42 Å². The van der Waals surface area contributed by atoms with Gasteiger partial charge in [0, 0.05) is 0 Å². The Morgan fingerprint density at radius 3 is 1.19 bits per heavy atom. The average molecular weight is 441 g/mol. The van der Waals surface area contributed by atoms with Crippen molar-refractivity contribution in [1.82, 2.24) is 0 Å². The predicted molar refractivity (Wildman–Crippen MR) is 72.7 cm³/mol. The molecular formula is C7H9B3F12LiO3S-3. The smallest absolute Gasteiger partial charge is 1.00 e. The molecule has 0 saturated heterocycles. The molecule has 0 radical (unpaired) electrons. The fourth-order valence-electron chi connectivity index (χ4n) is 0.776. The number of halogens is 12. The molecular weight excluding hydrogens is 431 g/mol. The van der Waals surface area contributed by atoms with Crippen LogP contribution in [0.1, 0.15) is 6.99 Å². The van der Waals surface area contributed by atoms with E-state index in [-0.39, 0.29) is 25.2 Å². The van der Waals surface area contributed by atoms with Crippen LogP contribution >= 0.6 is 0 Å². The fraction of sp³-hybridized carbons (Fsp3) is 0.143. The van der Waals surface area contributed by atoms with Crippen molar-refractivity contribution in [1.29, 1.82) is 0 Å². The first-order chi connectivity index (χ1) is 11.0. The predicted octanol–water partition coefficient (Wildman–Crippen LogP) is 2.26. The fourth-order valence-corrected chi connectivity index (χ4v) is 1.36. The van der Waals surface area contributed by atoms with Gasteiger partial charge in [-0.15, -0.1) is 0 Å². The van der Waals surface area contributed by atoms with Crippen molar-refractivity contribution in [3.05, 3.63) is 29.8 Å². The molecule has 0 aromatic heterocycles. The zero-order valence-electron chi connectivity index (χ0n) is 14.2. The van der Waals surface area contributed by atoms with Crippen LogP contribution in [-0.2, 0) is 10.1 Å². The second-order valence-electron chi connectivity index (χ2n) is 3.78. The van der Waals surface area contributed by atoms with Gasteiger partial charge in [-0.25, -0.2) is 0 Å². The van der Waals surface area contributed by atoms with Crippen LogP contribution in [0.2, 0.25) is 0 Å². The molecule has 0 spiro atoms. The van der Waals surface area contributed by atoms with Crippen molar-refractivity contribution < 1.29 is 85.0 Å². The molecule has 0 unspecified atom stereocenters. The summed E-state index contributed by atoms with van der Waals surface area (Å²) in [6.07, 6.45) is 0. The molecule has 0 aliphatic rings. The van der Waals surface area contributed by atoms with Crippen molar-refractivity contribution in [2.24, 2.45) is 0 Å². The first-order valence-corrected chi connectivity index (χ1v) is 7.10. The van der Waals surface area contributed by atoms with Crippen molar-refractivity contribution in [3.8, 4) is 0 Å². The van der Waals surface area contributed by atoms with Gasteiger partial charge in [-0.3, -0.25) is 4.55 Å². The quantitative estimate of drug-likeness (QED) is 0.414. The Balaban J connectivity index is -0.0000000896. The number of hydrogen-bond acceptors (Lipinski definition) is 2. The van der Waals surface area contributed by atoms with Crippen LogP contribution in [0.25, 0.3) is 0 Å². The molecule has 1 N–H and O–H groups in total. The summed E-state index contributed by atoms with van der Waals surface area (Å²) in [6, 6.07) is 6.10. The normalized spacial score (nSPS) is 11.3. The zero-order valence-corrected chi connectivity index (χ0v) is 14.1. The molecule has 1 aromatic rings. The summed E-state index contributed by atoms with van der Waals surface area (Å²) < 4.78 is 147. The van der Waals surface area contributed by atoms with Gasteiger partial charge < -0.3 is 53.2 Å². The maximum absolute atomic E-state index is 10.5. The van der Waals surface area contributed by atoms with Crippen molar-refractivity contribution in [2.45, 2.75) is 11.8 Å². The largest absolute Gasteiger partial charge is 1.00 e. The van der Waals surface area contributed by atoms with Crippen LogP contribution in [0.5, 0.6) is 0 Å². The second-order valence-corrected chi connectivity index (χ2v) is 5.20. The molecule has 20 heteroatoms. The number of benzene rings is 1. The molecule has 3 nitrogen and oxygen atoms in total. The Bertz CT molecular complexity index is 578. The van der Waals surface area contributed by atoms with Gasteiger partial charge in [0.2, 0.25) is 0 Å². The van der Waals surface area contributed by atoms with Gasteiger partial charge in [0.1, 0.15) is 0 Å². The monoisotopic (exact) mass is 441 g/mol. The number of rotatable bonds is 1. The van der Waals surface area contributed by atoms with E-state index < -0.39 is 31.9 Å². The Morgan fingerprint density at radius 1 is 0.778 bits per heavy atom. The standard InChI is InChI=1S/C7H8O3S.3BF4.Li.H/c1-6-3-2-4-7(5-6)11(8,9)10;3*2-1(3,4)5;;/h2-5H,1H3,(H,8,9,10);;;;;/q;3*-1;+1;-1. The molecule has 1 rings (SSSR count). The van der Waals surface area contributed by atoms with E-state index in [4.69, 9.17) is 4.55 Å². The Labute approximate surface area is 159 Å². The van der Waals surface area contributed by atoms with Crippen molar-refractivity contribution in [2.75, 3.05) is 0 Å². The molecule has 0 aliphatic carbocycles. The van der Waals surface area contributed by atoms with Crippen LogP contribution in [0, 0.1) is 6.92 Å². The van der Waals surface area contributed by atoms with E-state index in [9.17, 15) is 60.2 Å². The van der Waals surface area contributed by atoms with Crippen LogP contribution < -0.4 is 18.9 Å². The second kappa shape index (κ2) is 13.3. The van der Waals surface area contributed by atoms with E-state index in [2.05, 4.69) is 0 Å². The molecule has 1 aromatic carbocycles. The summed E-state index contributed by atoms with van der Waals surface area (Å²) in [5.41, 5.74) is 0.806. The summed E-state index contributed by atoms with van der Waals surface area (Å²) in [5, 5.41) is 0. The van der Waals surface area contributed by atoms with Gasteiger partial charge in [-0.1, -0.05) is 12.1 Å². The minimum atomic E-state index is -6.00. The van der Waals surface area contributed by atoms with Gasteiger partial charge in [0.15, 0.2) is 0 Å². The molecule has 27 heavy (non-hydrogen) atoms. The first kappa shape index (κ1) is 33.7. The van der Waals surface area contributed by atoms with E-state index in [0.717, 1.165) is 5.56 Å². The molecule has 0 bridgehead atoms. The van der Waals surface area contributed by atoms with Crippen LogP contribution in [-0.4, -0.2) is 34.7 Å². The Kier molecular flexibility index (Phi) is 16.6. The molecule has 0 atom stereocenters. The molecule has 0 fully saturated rings. The third-order valence-corrected chi connectivity index (χ3v) is 2.14. The third kappa shape index (κ3) is 58.7. The molecule has 0 heterocycles. The summed E-state index contributed by atoms with van der Waals surface area (Å²) >= 11 is 0. The molecule has 0 saturated carbocycles. The Hall–Kier alpha value is -0.918. The van der Waals surface area contributed by atoms with Crippen molar-refractivity contribution in [3.63, 3.8) is 0 Å². The van der Waals surface area contributed by atoms with E-state index in [0.29, 0.717) is 0 Å². The molecule has 0 amide bonds. The summed E-state index contributed by atoms with van der Waals surface area (Å²) in [7, 11) is -22.0.